The van der Waals surface area contributed by atoms with Crippen LogP contribution in [0.15, 0.2) is 12.5 Å². The molecule has 0 saturated heterocycles. The fraction of sp³-hybridized carbons (Fsp3) is 0.750. The second-order valence-corrected chi connectivity index (χ2v) is 5.18. The second-order valence-electron chi connectivity index (χ2n) is 5.18. The van der Waals surface area contributed by atoms with Gasteiger partial charge in [-0.2, -0.15) is 0 Å². The third-order valence-electron chi connectivity index (χ3n) is 3.68. The van der Waals surface area contributed by atoms with E-state index in [0.29, 0.717) is 12.5 Å². The van der Waals surface area contributed by atoms with E-state index in [1.54, 1.807) is 0 Å². The largest absolute Gasteiger partial charge is 0.328 e. The van der Waals surface area contributed by atoms with Crippen LogP contribution in [0.5, 0.6) is 0 Å². The Hall–Kier alpha value is -0.830. The first kappa shape index (κ1) is 10.7. The van der Waals surface area contributed by atoms with Crippen molar-refractivity contribution in [3.63, 3.8) is 0 Å². The highest BCUT2D eigenvalue weighted by atomic mass is 15.1. The van der Waals surface area contributed by atoms with Crippen molar-refractivity contribution in [2.24, 2.45) is 11.7 Å². The summed E-state index contributed by atoms with van der Waals surface area (Å²) in [4.78, 5) is 4.28. The molecule has 1 aromatic heterocycles. The van der Waals surface area contributed by atoms with Crippen LogP contribution in [-0.2, 0) is 5.54 Å². The van der Waals surface area contributed by atoms with Gasteiger partial charge in [-0.3, -0.25) is 0 Å². The highest BCUT2D eigenvalue weighted by molar-refractivity contribution is 5.11. The van der Waals surface area contributed by atoms with E-state index in [1.165, 1.54) is 18.5 Å². The lowest BCUT2D eigenvalue weighted by Gasteiger charge is -2.32. The van der Waals surface area contributed by atoms with Crippen LogP contribution in [0.1, 0.15) is 45.2 Å². The Bertz CT molecular complexity index is 338. The summed E-state index contributed by atoms with van der Waals surface area (Å²) < 4.78 is 2.30. The predicted octanol–water partition coefficient (Wildman–Crippen LogP) is 2.09. The van der Waals surface area contributed by atoms with Crippen LogP contribution in [0.2, 0.25) is 0 Å². The third kappa shape index (κ3) is 1.69. The summed E-state index contributed by atoms with van der Waals surface area (Å²) in [6.07, 6.45) is 6.54. The average Bonchev–Trinajstić information content (AvgIpc) is 2.94. The molecule has 84 valence electrons. The van der Waals surface area contributed by atoms with Crippen molar-refractivity contribution >= 4 is 0 Å². The molecule has 0 bridgehead atoms. The molecule has 3 heteroatoms. The lowest BCUT2D eigenvalue weighted by Crippen LogP contribution is -2.41. The van der Waals surface area contributed by atoms with Crippen molar-refractivity contribution in [1.29, 1.82) is 0 Å². The summed E-state index contributed by atoms with van der Waals surface area (Å²) in [5.41, 5.74) is 7.34. The molecule has 0 aliphatic heterocycles. The van der Waals surface area contributed by atoms with E-state index in [0.717, 1.165) is 5.92 Å². The van der Waals surface area contributed by atoms with Gasteiger partial charge in [-0.15, -0.1) is 0 Å². The van der Waals surface area contributed by atoms with Crippen molar-refractivity contribution in [3.05, 3.63) is 18.2 Å². The Morgan fingerprint density at radius 2 is 2.27 bits per heavy atom. The second kappa shape index (κ2) is 3.63. The Kier molecular flexibility index (Phi) is 2.59. The molecule has 2 rings (SSSR count). The van der Waals surface area contributed by atoms with Crippen molar-refractivity contribution < 1.29 is 0 Å². The molecule has 1 aromatic rings. The average molecular weight is 207 g/mol. The summed E-state index contributed by atoms with van der Waals surface area (Å²) in [7, 11) is 0. The Balaban J connectivity index is 2.37. The summed E-state index contributed by atoms with van der Waals surface area (Å²) in [6, 6.07) is 0. The number of hydrogen-bond acceptors (Lipinski definition) is 2. The first-order valence-electron chi connectivity index (χ1n) is 5.82. The maximum Gasteiger partial charge on any atom is 0.0953 e. The summed E-state index contributed by atoms with van der Waals surface area (Å²) >= 11 is 0. The van der Waals surface area contributed by atoms with Gasteiger partial charge in [0, 0.05) is 18.4 Å². The van der Waals surface area contributed by atoms with E-state index in [2.05, 4.69) is 30.3 Å². The topological polar surface area (TPSA) is 43.8 Å². The van der Waals surface area contributed by atoms with Crippen LogP contribution in [0.3, 0.4) is 0 Å². The summed E-state index contributed by atoms with van der Waals surface area (Å²) in [5.74, 6) is 1.26. The fourth-order valence-corrected chi connectivity index (χ4v) is 2.33. The van der Waals surface area contributed by atoms with Gasteiger partial charge in [-0.1, -0.05) is 13.8 Å². The molecule has 0 spiro atoms. The fourth-order valence-electron chi connectivity index (χ4n) is 2.33. The SMILES string of the molecule is CC(C)c1cncn1C(C)(CN)C1CC1. The molecule has 1 atom stereocenters. The van der Waals surface area contributed by atoms with Gasteiger partial charge in [-0.25, -0.2) is 4.98 Å². The number of imidazole rings is 1. The summed E-state index contributed by atoms with van der Waals surface area (Å²) in [6.45, 7) is 7.38. The first-order valence-corrected chi connectivity index (χ1v) is 5.82. The van der Waals surface area contributed by atoms with Gasteiger partial charge >= 0.3 is 0 Å². The normalized spacial score (nSPS) is 20.6. The van der Waals surface area contributed by atoms with E-state index in [9.17, 15) is 0 Å². The zero-order chi connectivity index (χ0) is 11.1. The number of nitrogens with zero attached hydrogens (tertiary/aromatic N) is 2. The minimum atomic E-state index is 0.0795. The zero-order valence-corrected chi connectivity index (χ0v) is 9.90. The number of hydrogen-bond donors (Lipinski definition) is 1. The number of nitrogens with two attached hydrogens (primary N) is 1. The van der Waals surface area contributed by atoms with Crippen molar-refractivity contribution in [3.8, 4) is 0 Å². The molecule has 0 radical (unpaired) electrons. The molecule has 1 unspecified atom stereocenters. The van der Waals surface area contributed by atoms with Crippen molar-refractivity contribution in [2.75, 3.05) is 6.54 Å². The monoisotopic (exact) mass is 207 g/mol. The van der Waals surface area contributed by atoms with Crippen molar-refractivity contribution in [1.82, 2.24) is 9.55 Å². The van der Waals surface area contributed by atoms with Crippen LogP contribution in [0.4, 0.5) is 0 Å². The predicted molar refractivity (Wildman–Crippen MR) is 61.7 cm³/mol. The quantitative estimate of drug-likeness (QED) is 0.821. The van der Waals surface area contributed by atoms with Crippen LogP contribution >= 0.6 is 0 Å². The molecule has 1 heterocycles. The van der Waals surface area contributed by atoms with E-state index in [1.807, 2.05) is 12.5 Å². The zero-order valence-electron chi connectivity index (χ0n) is 9.90. The molecule has 1 saturated carbocycles. The molecule has 2 N–H and O–H groups in total. The minimum Gasteiger partial charge on any atom is -0.328 e. The van der Waals surface area contributed by atoms with Gasteiger partial charge in [0.05, 0.1) is 11.9 Å². The van der Waals surface area contributed by atoms with Gasteiger partial charge in [0.25, 0.3) is 0 Å². The van der Waals surface area contributed by atoms with Gasteiger partial charge < -0.3 is 10.3 Å². The lowest BCUT2D eigenvalue weighted by molar-refractivity contribution is 0.271. The van der Waals surface area contributed by atoms with E-state index < -0.39 is 0 Å². The maximum absolute atomic E-state index is 5.96. The molecule has 3 nitrogen and oxygen atoms in total. The number of rotatable bonds is 4. The smallest absolute Gasteiger partial charge is 0.0953 e. The standard InChI is InChI=1S/C12H21N3/c1-9(2)11-6-14-8-15(11)12(3,7-13)10-4-5-10/h6,8-10H,4-5,7,13H2,1-3H3. The minimum absolute atomic E-state index is 0.0795. The van der Waals surface area contributed by atoms with E-state index >= 15 is 0 Å². The number of aromatic nitrogens is 2. The molecule has 0 amide bonds. The van der Waals surface area contributed by atoms with Crippen LogP contribution in [0, 0.1) is 5.92 Å². The highest BCUT2D eigenvalue weighted by Gasteiger charge is 2.42. The first-order chi connectivity index (χ1) is 7.09. The van der Waals surface area contributed by atoms with Crippen LogP contribution in [0.25, 0.3) is 0 Å². The van der Waals surface area contributed by atoms with Gasteiger partial charge in [0.15, 0.2) is 0 Å². The molecule has 1 fully saturated rings. The Labute approximate surface area is 91.7 Å². The molecule has 15 heavy (non-hydrogen) atoms. The van der Waals surface area contributed by atoms with Gasteiger partial charge in [0.2, 0.25) is 0 Å². The Morgan fingerprint density at radius 1 is 1.60 bits per heavy atom. The van der Waals surface area contributed by atoms with Gasteiger partial charge in [0.1, 0.15) is 0 Å². The molecular weight excluding hydrogens is 186 g/mol. The molecule has 1 aliphatic rings. The Morgan fingerprint density at radius 3 is 2.73 bits per heavy atom. The van der Waals surface area contributed by atoms with Crippen molar-refractivity contribution in [2.45, 2.75) is 45.1 Å². The maximum atomic E-state index is 5.96. The lowest BCUT2D eigenvalue weighted by atomic mass is 9.94. The van der Waals surface area contributed by atoms with Crippen LogP contribution < -0.4 is 5.73 Å². The molecular formula is C12H21N3. The highest BCUT2D eigenvalue weighted by Crippen LogP contribution is 2.44. The van der Waals surface area contributed by atoms with E-state index in [4.69, 9.17) is 5.73 Å². The molecule has 0 aromatic carbocycles. The van der Waals surface area contributed by atoms with Gasteiger partial charge in [-0.05, 0) is 31.6 Å². The van der Waals surface area contributed by atoms with E-state index in [-0.39, 0.29) is 5.54 Å². The third-order valence-corrected chi connectivity index (χ3v) is 3.68. The molecule has 1 aliphatic carbocycles. The van der Waals surface area contributed by atoms with Crippen LogP contribution in [-0.4, -0.2) is 16.1 Å². The summed E-state index contributed by atoms with van der Waals surface area (Å²) in [5, 5.41) is 0.